The molecule has 0 radical (unpaired) electrons. The lowest BCUT2D eigenvalue weighted by Crippen LogP contribution is -2.42. The second-order valence-electron chi connectivity index (χ2n) is 4.80. The third kappa shape index (κ3) is 2.46. The van der Waals surface area contributed by atoms with Crippen LogP contribution in [0.1, 0.15) is 19.8 Å². The van der Waals surface area contributed by atoms with Crippen molar-refractivity contribution >= 4 is 27.6 Å². The van der Waals surface area contributed by atoms with Crippen molar-refractivity contribution in [3.8, 4) is 0 Å². The molecular weight excluding hydrogens is 282 g/mol. The smallest absolute Gasteiger partial charge is 0.309 e. The predicted molar refractivity (Wildman–Crippen MR) is 71.3 cm³/mol. The first-order chi connectivity index (χ1) is 8.03. The van der Waals surface area contributed by atoms with Gasteiger partial charge in [-0.3, -0.25) is 4.79 Å². The number of carboxylic acids is 1. The molecule has 1 aromatic rings. The first-order valence-corrected chi connectivity index (χ1v) is 6.55. The average molecular weight is 298 g/mol. The monoisotopic (exact) mass is 297 g/mol. The highest BCUT2D eigenvalue weighted by Crippen LogP contribution is 2.35. The third-order valence-corrected chi connectivity index (χ3v) is 4.25. The second kappa shape index (κ2) is 4.69. The number of anilines is 1. The van der Waals surface area contributed by atoms with Gasteiger partial charge in [-0.25, -0.2) is 0 Å². The van der Waals surface area contributed by atoms with Crippen molar-refractivity contribution in [3.05, 3.63) is 28.7 Å². The van der Waals surface area contributed by atoms with E-state index in [1.807, 2.05) is 25.1 Å². The van der Waals surface area contributed by atoms with E-state index >= 15 is 0 Å². The minimum absolute atomic E-state index is 0.558. The molecule has 0 unspecified atom stereocenters. The van der Waals surface area contributed by atoms with Crippen molar-refractivity contribution in [2.24, 2.45) is 5.41 Å². The summed E-state index contributed by atoms with van der Waals surface area (Å²) in [6, 6.07) is 8.07. The van der Waals surface area contributed by atoms with Crippen molar-refractivity contribution in [2.75, 3.05) is 18.0 Å². The molecule has 0 saturated carbocycles. The number of para-hydroxylation sites is 1. The Morgan fingerprint density at radius 2 is 1.94 bits per heavy atom. The number of piperidine rings is 1. The number of benzene rings is 1. The van der Waals surface area contributed by atoms with Crippen LogP contribution in [-0.2, 0) is 4.79 Å². The summed E-state index contributed by atoms with van der Waals surface area (Å²) in [5.74, 6) is -0.677. The van der Waals surface area contributed by atoms with Crippen molar-refractivity contribution in [1.29, 1.82) is 0 Å². The fourth-order valence-electron chi connectivity index (χ4n) is 2.16. The summed E-state index contributed by atoms with van der Waals surface area (Å²) >= 11 is 3.53. The van der Waals surface area contributed by atoms with Crippen LogP contribution in [0.4, 0.5) is 5.69 Å². The van der Waals surface area contributed by atoms with Crippen LogP contribution in [0, 0.1) is 5.41 Å². The van der Waals surface area contributed by atoms with Crippen LogP contribution < -0.4 is 4.90 Å². The zero-order valence-electron chi connectivity index (χ0n) is 9.82. The summed E-state index contributed by atoms with van der Waals surface area (Å²) in [5, 5.41) is 9.18. The Kier molecular flexibility index (Phi) is 3.43. The van der Waals surface area contributed by atoms with Gasteiger partial charge in [0.1, 0.15) is 0 Å². The summed E-state index contributed by atoms with van der Waals surface area (Å²) in [6.07, 6.45) is 1.40. The van der Waals surface area contributed by atoms with Gasteiger partial charge >= 0.3 is 5.97 Å². The molecule has 1 saturated heterocycles. The molecule has 4 heteroatoms. The van der Waals surface area contributed by atoms with E-state index in [0.29, 0.717) is 12.8 Å². The normalized spacial score (nSPS) is 19.1. The van der Waals surface area contributed by atoms with Gasteiger partial charge in [-0.1, -0.05) is 12.1 Å². The quantitative estimate of drug-likeness (QED) is 0.912. The molecule has 1 N–H and O–H groups in total. The molecule has 1 fully saturated rings. The van der Waals surface area contributed by atoms with Gasteiger partial charge in [0.05, 0.1) is 11.1 Å². The lowest BCUT2D eigenvalue weighted by atomic mass is 9.80. The molecule has 0 bridgehead atoms. The van der Waals surface area contributed by atoms with Gasteiger partial charge < -0.3 is 10.0 Å². The van der Waals surface area contributed by atoms with Crippen LogP contribution in [0.3, 0.4) is 0 Å². The topological polar surface area (TPSA) is 40.5 Å². The zero-order valence-corrected chi connectivity index (χ0v) is 11.4. The summed E-state index contributed by atoms with van der Waals surface area (Å²) in [4.78, 5) is 13.4. The predicted octanol–water partition coefficient (Wildman–Crippen LogP) is 3.14. The standard InChI is InChI=1S/C13H16BrNO2/c1-13(12(16)17)6-8-15(9-7-13)11-5-3-2-4-10(11)14/h2-5H,6-9H2,1H3,(H,16,17). The summed E-state index contributed by atoms with van der Waals surface area (Å²) < 4.78 is 1.07. The number of halogens is 1. The Hall–Kier alpha value is -1.03. The maximum absolute atomic E-state index is 11.2. The number of rotatable bonds is 2. The molecule has 92 valence electrons. The molecule has 0 amide bonds. The van der Waals surface area contributed by atoms with E-state index in [2.05, 4.69) is 26.9 Å². The molecule has 3 nitrogen and oxygen atoms in total. The minimum Gasteiger partial charge on any atom is -0.481 e. The molecule has 1 aliphatic rings. The van der Waals surface area contributed by atoms with Crippen molar-refractivity contribution in [2.45, 2.75) is 19.8 Å². The molecule has 1 aliphatic heterocycles. The molecule has 0 aliphatic carbocycles. The van der Waals surface area contributed by atoms with Gasteiger partial charge in [0.15, 0.2) is 0 Å². The largest absolute Gasteiger partial charge is 0.481 e. The number of nitrogens with zero attached hydrogens (tertiary/aromatic N) is 1. The summed E-state index contributed by atoms with van der Waals surface area (Å²) in [6.45, 7) is 3.43. The van der Waals surface area contributed by atoms with Gasteiger partial charge in [0.2, 0.25) is 0 Å². The lowest BCUT2D eigenvalue weighted by molar-refractivity contribution is -0.149. The molecule has 2 rings (SSSR count). The van der Waals surface area contributed by atoms with Gasteiger partial charge in [-0.2, -0.15) is 0 Å². The van der Waals surface area contributed by atoms with E-state index in [0.717, 1.165) is 23.2 Å². The van der Waals surface area contributed by atoms with E-state index in [-0.39, 0.29) is 0 Å². The van der Waals surface area contributed by atoms with Crippen LogP contribution in [0.2, 0.25) is 0 Å². The van der Waals surface area contributed by atoms with Gasteiger partial charge in [0.25, 0.3) is 0 Å². The molecule has 0 spiro atoms. The molecular formula is C13H16BrNO2. The fraction of sp³-hybridized carbons (Fsp3) is 0.462. The van der Waals surface area contributed by atoms with Gasteiger partial charge in [-0.05, 0) is 47.8 Å². The molecule has 1 heterocycles. The second-order valence-corrected chi connectivity index (χ2v) is 5.66. The average Bonchev–Trinajstić information content (AvgIpc) is 2.31. The van der Waals surface area contributed by atoms with Crippen molar-refractivity contribution in [1.82, 2.24) is 0 Å². The molecule has 0 atom stereocenters. The third-order valence-electron chi connectivity index (χ3n) is 3.58. The van der Waals surface area contributed by atoms with E-state index in [4.69, 9.17) is 0 Å². The number of hydrogen-bond acceptors (Lipinski definition) is 2. The number of aliphatic carboxylic acids is 1. The summed E-state index contributed by atoms with van der Waals surface area (Å²) in [5.41, 5.74) is 0.595. The number of carboxylic acid groups (broad SMARTS) is 1. The van der Waals surface area contributed by atoms with Crippen molar-refractivity contribution < 1.29 is 9.90 Å². The fourth-order valence-corrected chi connectivity index (χ4v) is 2.70. The first-order valence-electron chi connectivity index (χ1n) is 5.76. The maximum Gasteiger partial charge on any atom is 0.309 e. The highest BCUT2D eigenvalue weighted by Gasteiger charge is 2.37. The maximum atomic E-state index is 11.2. The summed E-state index contributed by atoms with van der Waals surface area (Å²) in [7, 11) is 0. The Balaban J connectivity index is 2.10. The van der Waals surface area contributed by atoms with Crippen molar-refractivity contribution in [3.63, 3.8) is 0 Å². The van der Waals surface area contributed by atoms with Crippen LogP contribution in [0.15, 0.2) is 28.7 Å². The van der Waals surface area contributed by atoms with Crippen LogP contribution in [0.5, 0.6) is 0 Å². The van der Waals surface area contributed by atoms with Gasteiger partial charge in [-0.15, -0.1) is 0 Å². The molecule has 1 aromatic carbocycles. The van der Waals surface area contributed by atoms with Crippen LogP contribution in [-0.4, -0.2) is 24.2 Å². The van der Waals surface area contributed by atoms with E-state index in [9.17, 15) is 9.90 Å². The highest BCUT2D eigenvalue weighted by molar-refractivity contribution is 9.10. The van der Waals surface area contributed by atoms with E-state index in [1.165, 1.54) is 0 Å². The van der Waals surface area contributed by atoms with Crippen LogP contribution >= 0.6 is 15.9 Å². The molecule has 17 heavy (non-hydrogen) atoms. The Bertz CT molecular complexity index is 425. The number of hydrogen-bond donors (Lipinski definition) is 1. The lowest BCUT2D eigenvalue weighted by Gasteiger charge is -2.38. The Morgan fingerprint density at radius 1 is 1.35 bits per heavy atom. The minimum atomic E-state index is -0.677. The van der Waals surface area contributed by atoms with E-state index < -0.39 is 11.4 Å². The van der Waals surface area contributed by atoms with E-state index in [1.54, 1.807) is 0 Å². The Morgan fingerprint density at radius 3 is 2.47 bits per heavy atom. The first kappa shape index (κ1) is 12.4. The van der Waals surface area contributed by atoms with Crippen LogP contribution in [0.25, 0.3) is 0 Å². The highest BCUT2D eigenvalue weighted by atomic mass is 79.9. The zero-order chi connectivity index (χ0) is 12.5. The Labute approximate surface area is 110 Å². The number of carbonyl (C=O) groups is 1. The SMILES string of the molecule is CC1(C(=O)O)CCN(c2ccccc2Br)CC1. The van der Waals surface area contributed by atoms with Gasteiger partial charge in [0, 0.05) is 17.6 Å². The molecule has 0 aromatic heterocycles.